The van der Waals surface area contributed by atoms with E-state index >= 15 is 0 Å². The summed E-state index contributed by atoms with van der Waals surface area (Å²) in [5.74, 6) is 1.35. The molecule has 0 aliphatic rings. The van der Waals surface area contributed by atoms with Gasteiger partial charge < -0.3 is 4.74 Å². The largest absolute Gasteiger partial charge is 0.381 e. The van der Waals surface area contributed by atoms with Crippen molar-refractivity contribution in [3.63, 3.8) is 0 Å². The smallest absolute Gasteiger partial charge is 0.0466 e. The summed E-state index contributed by atoms with van der Waals surface area (Å²) in [6.45, 7) is 4.21. The predicted molar refractivity (Wildman–Crippen MR) is 109 cm³/mol. The number of thioether (sulfide) groups is 1. The Balaban J connectivity index is 2.92. The van der Waals surface area contributed by atoms with Crippen LogP contribution in [0, 0.1) is 0 Å². The van der Waals surface area contributed by atoms with E-state index in [4.69, 9.17) is 4.74 Å². The Kier molecular flexibility index (Phi) is 22.6. The van der Waals surface area contributed by atoms with Crippen LogP contribution in [0.1, 0.15) is 110 Å². The molecule has 0 saturated carbocycles. The maximum Gasteiger partial charge on any atom is 0.0466 e. The minimum atomic E-state index is 0.978. The molecule has 0 aromatic heterocycles. The summed E-state index contributed by atoms with van der Waals surface area (Å²) < 4.78 is 5.65. The number of ether oxygens (including phenoxy) is 1. The Morgan fingerprint density at radius 1 is 0.522 bits per heavy atom. The quantitative estimate of drug-likeness (QED) is 0.210. The van der Waals surface area contributed by atoms with Crippen LogP contribution in [-0.2, 0) is 4.74 Å². The van der Waals surface area contributed by atoms with Crippen LogP contribution in [-0.4, -0.2) is 25.2 Å². The number of hydrogen-bond acceptors (Lipinski definition) is 2. The highest BCUT2D eigenvalue weighted by atomic mass is 32.2. The van der Waals surface area contributed by atoms with Crippen LogP contribution in [0.3, 0.4) is 0 Å². The van der Waals surface area contributed by atoms with Crippen LogP contribution in [0.2, 0.25) is 0 Å². The van der Waals surface area contributed by atoms with Gasteiger partial charge >= 0.3 is 0 Å². The first-order valence-corrected chi connectivity index (χ1v) is 11.9. The molecule has 0 aromatic rings. The van der Waals surface area contributed by atoms with Crippen LogP contribution in [0.25, 0.3) is 0 Å². The van der Waals surface area contributed by atoms with Gasteiger partial charge in [0.15, 0.2) is 0 Å². The SMILES string of the molecule is CCCCCOCCCCCCCCCCCCCCCSC. The molecule has 0 rings (SSSR count). The maximum atomic E-state index is 5.65. The molecule has 0 amide bonds. The van der Waals surface area contributed by atoms with E-state index in [1.165, 1.54) is 108 Å². The summed E-state index contributed by atoms with van der Waals surface area (Å²) in [7, 11) is 0. The van der Waals surface area contributed by atoms with E-state index in [0.29, 0.717) is 0 Å². The van der Waals surface area contributed by atoms with Gasteiger partial charge in [-0.2, -0.15) is 11.8 Å². The average molecular weight is 345 g/mol. The van der Waals surface area contributed by atoms with E-state index in [1.54, 1.807) is 0 Å². The summed E-state index contributed by atoms with van der Waals surface area (Å²) in [5, 5.41) is 0. The Morgan fingerprint density at radius 2 is 0.913 bits per heavy atom. The van der Waals surface area contributed by atoms with Crippen LogP contribution >= 0.6 is 11.8 Å². The third kappa shape index (κ3) is 22.3. The number of rotatable bonds is 20. The highest BCUT2D eigenvalue weighted by molar-refractivity contribution is 7.98. The molecule has 0 radical (unpaired) electrons. The molecule has 0 spiro atoms. The first kappa shape index (κ1) is 23.3. The topological polar surface area (TPSA) is 9.23 Å². The van der Waals surface area contributed by atoms with Gasteiger partial charge in [0.25, 0.3) is 0 Å². The van der Waals surface area contributed by atoms with Gasteiger partial charge in [0.05, 0.1) is 0 Å². The lowest BCUT2D eigenvalue weighted by molar-refractivity contribution is 0.126. The van der Waals surface area contributed by atoms with E-state index in [9.17, 15) is 0 Å². The van der Waals surface area contributed by atoms with Gasteiger partial charge in [-0.3, -0.25) is 0 Å². The highest BCUT2D eigenvalue weighted by Gasteiger charge is 1.95. The molecule has 140 valence electrons. The molecule has 0 aromatic carbocycles. The van der Waals surface area contributed by atoms with Gasteiger partial charge in [-0.1, -0.05) is 90.4 Å². The summed E-state index contributed by atoms with van der Waals surface area (Å²) in [4.78, 5) is 0. The van der Waals surface area contributed by atoms with Gasteiger partial charge in [0, 0.05) is 13.2 Å². The molecular weight excluding hydrogens is 300 g/mol. The zero-order valence-corrected chi connectivity index (χ0v) is 17.1. The minimum Gasteiger partial charge on any atom is -0.381 e. The van der Waals surface area contributed by atoms with Crippen molar-refractivity contribution in [3.8, 4) is 0 Å². The molecule has 23 heavy (non-hydrogen) atoms. The van der Waals surface area contributed by atoms with Crippen molar-refractivity contribution < 1.29 is 4.74 Å². The van der Waals surface area contributed by atoms with Crippen molar-refractivity contribution in [3.05, 3.63) is 0 Å². The maximum absolute atomic E-state index is 5.65. The molecule has 0 saturated heterocycles. The second-order valence-corrected chi connectivity index (χ2v) is 7.89. The van der Waals surface area contributed by atoms with Gasteiger partial charge in [0.1, 0.15) is 0 Å². The second-order valence-electron chi connectivity index (χ2n) is 6.91. The van der Waals surface area contributed by atoms with E-state index in [1.807, 2.05) is 11.8 Å². The molecule has 0 aliphatic carbocycles. The average Bonchev–Trinajstić information content (AvgIpc) is 2.57. The molecule has 2 heteroatoms. The molecule has 1 nitrogen and oxygen atoms in total. The fourth-order valence-corrected chi connectivity index (χ4v) is 3.44. The van der Waals surface area contributed by atoms with Crippen molar-refractivity contribution in [1.82, 2.24) is 0 Å². The third-order valence-corrected chi connectivity index (χ3v) is 5.23. The van der Waals surface area contributed by atoms with Crippen molar-refractivity contribution in [2.75, 3.05) is 25.2 Å². The van der Waals surface area contributed by atoms with Gasteiger partial charge in [-0.25, -0.2) is 0 Å². The molecular formula is C21H44OS. The Labute approximate surface area is 151 Å². The molecule has 0 unspecified atom stereocenters. The second kappa shape index (κ2) is 22.3. The van der Waals surface area contributed by atoms with Crippen molar-refractivity contribution >= 4 is 11.8 Å². The first-order chi connectivity index (χ1) is 11.4. The predicted octanol–water partition coefficient (Wildman–Crippen LogP) is 7.63. The normalized spacial score (nSPS) is 11.2. The monoisotopic (exact) mass is 344 g/mol. The van der Waals surface area contributed by atoms with E-state index in [0.717, 1.165) is 13.2 Å². The van der Waals surface area contributed by atoms with Gasteiger partial charge in [0.2, 0.25) is 0 Å². The Bertz CT molecular complexity index is 176. The molecule has 0 atom stereocenters. The van der Waals surface area contributed by atoms with Crippen LogP contribution in [0.4, 0.5) is 0 Å². The highest BCUT2D eigenvalue weighted by Crippen LogP contribution is 2.13. The number of unbranched alkanes of at least 4 members (excludes halogenated alkanes) is 14. The molecule has 0 heterocycles. The fourth-order valence-electron chi connectivity index (χ4n) is 2.95. The van der Waals surface area contributed by atoms with Crippen molar-refractivity contribution in [2.45, 2.75) is 110 Å². The Hall–Kier alpha value is 0.310. The summed E-state index contributed by atoms with van der Waals surface area (Å²) in [5.41, 5.74) is 0. The molecule has 0 bridgehead atoms. The summed E-state index contributed by atoms with van der Waals surface area (Å²) >= 11 is 1.98. The molecule has 0 N–H and O–H groups in total. The summed E-state index contributed by atoms with van der Waals surface area (Å²) in [6.07, 6.45) is 24.6. The lowest BCUT2D eigenvalue weighted by Gasteiger charge is -2.04. The fraction of sp³-hybridized carbons (Fsp3) is 1.00. The molecule has 0 aliphatic heterocycles. The van der Waals surface area contributed by atoms with E-state index < -0.39 is 0 Å². The van der Waals surface area contributed by atoms with Crippen LogP contribution in [0.15, 0.2) is 0 Å². The van der Waals surface area contributed by atoms with Crippen molar-refractivity contribution in [1.29, 1.82) is 0 Å². The van der Waals surface area contributed by atoms with E-state index in [-0.39, 0.29) is 0 Å². The van der Waals surface area contributed by atoms with Crippen LogP contribution < -0.4 is 0 Å². The zero-order chi connectivity index (χ0) is 16.8. The minimum absolute atomic E-state index is 0.978. The van der Waals surface area contributed by atoms with Crippen LogP contribution in [0.5, 0.6) is 0 Å². The van der Waals surface area contributed by atoms with Crippen molar-refractivity contribution in [2.24, 2.45) is 0 Å². The molecule has 0 fully saturated rings. The van der Waals surface area contributed by atoms with Gasteiger partial charge in [-0.05, 0) is 31.3 Å². The standard InChI is InChI=1S/C21H44OS/c1-3-4-16-19-22-20-17-14-12-10-8-6-5-7-9-11-13-15-18-21-23-2/h3-21H2,1-2H3. The Morgan fingerprint density at radius 3 is 1.35 bits per heavy atom. The number of hydrogen-bond donors (Lipinski definition) is 0. The first-order valence-electron chi connectivity index (χ1n) is 10.5. The zero-order valence-electron chi connectivity index (χ0n) is 16.3. The summed E-state index contributed by atoms with van der Waals surface area (Å²) in [6, 6.07) is 0. The third-order valence-electron chi connectivity index (χ3n) is 4.53. The lowest BCUT2D eigenvalue weighted by atomic mass is 10.0. The van der Waals surface area contributed by atoms with E-state index in [2.05, 4.69) is 13.2 Å². The lowest BCUT2D eigenvalue weighted by Crippen LogP contribution is -1.96. The van der Waals surface area contributed by atoms with Gasteiger partial charge in [-0.15, -0.1) is 0 Å².